The van der Waals surface area contributed by atoms with E-state index in [0.29, 0.717) is 0 Å². The summed E-state index contributed by atoms with van der Waals surface area (Å²) in [5.74, 6) is 2.07. The van der Waals surface area contributed by atoms with Gasteiger partial charge in [-0.1, -0.05) is 12.8 Å². The highest BCUT2D eigenvalue weighted by Gasteiger charge is 2.30. The zero-order valence-electron chi connectivity index (χ0n) is 10.0. The van der Waals surface area contributed by atoms with Gasteiger partial charge in [-0.25, -0.2) is 4.79 Å². The average molecular weight is 223 g/mol. The molecule has 2 fully saturated rings. The monoisotopic (exact) mass is 223 g/mol. The summed E-state index contributed by atoms with van der Waals surface area (Å²) in [6, 6.07) is 0. The van der Waals surface area contributed by atoms with Crippen molar-refractivity contribution in [2.75, 3.05) is 33.2 Å². The Morgan fingerprint density at radius 1 is 1.19 bits per heavy atom. The lowest BCUT2D eigenvalue weighted by Crippen LogP contribution is -2.56. The van der Waals surface area contributed by atoms with Crippen LogP contribution in [0.2, 0.25) is 0 Å². The van der Waals surface area contributed by atoms with E-state index in [4.69, 9.17) is 0 Å². The molecule has 0 aromatic carbocycles. The highest BCUT2D eigenvalue weighted by molar-refractivity contribution is 5.53. The van der Waals surface area contributed by atoms with Gasteiger partial charge < -0.3 is 5.32 Å². The van der Waals surface area contributed by atoms with Gasteiger partial charge in [-0.3, -0.25) is 9.80 Å². The van der Waals surface area contributed by atoms with Crippen LogP contribution in [-0.2, 0) is 4.79 Å². The van der Waals surface area contributed by atoms with Crippen LogP contribution in [0.3, 0.4) is 0 Å². The van der Waals surface area contributed by atoms with Crippen molar-refractivity contribution >= 4 is 5.94 Å². The van der Waals surface area contributed by atoms with E-state index in [9.17, 15) is 4.79 Å². The summed E-state index contributed by atoms with van der Waals surface area (Å²) in [6.45, 7) is 4.04. The summed E-state index contributed by atoms with van der Waals surface area (Å²) in [5.41, 5.74) is 0.718. The minimum atomic E-state index is 0.129. The number of nitrogens with zero attached hydrogens (tertiary/aromatic N) is 2. The molecule has 2 saturated heterocycles. The molecule has 2 rings (SSSR count). The predicted molar refractivity (Wildman–Crippen MR) is 63.7 cm³/mol. The number of carbonyl (C=O) groups excluding carboxylic acids is 1. The Bertz CT molecular complexity index is 278. The Morgan fingerprint density at radius 3 is 2.50 bits per heavy atom. The fraction of sp³-hybridized carbons (Fsp3) is 0.833. The van der Waals surface area contributed by atoms with E-state index in [0.717, 1.165) is 31.9 Å². The van der Waals surface area contributed by atoms with Crippen molar-refractivity contribution < 1.29 is 4.79 Å². The van der Waals surface area contributed by atoms with Crippen LogP contribution in [0.25, 0.3) is 0 Å². The Morgan fingerprint density at radius 2 is 1.88 bits per heavy atom. The zero-order chi connectivity index (χ0) is 11.4. The van der Waals surface area contributed by atoms with Gasteiger partial charge in [-0.05, 0) is 19.9 Å². The SMILES string of the molecule is CN1CCNC(=C=O)C1N1CCCCCC1. The molecule has 0 spiro atoms. The normalized spacial score (nSPS) is 29.3. The van der Waals surface area contributed by atoms with E-state index >= 15 is 0 Å². The molecular formula is C12H21N3O. The van der Waals surface area contributed by atoms with Crippen LogP contribution in [0.4, 0.5) is 0 Å². The number of likely N-dealkylation sites (N-methyl/N-ethyl adjacent to an activating group) is 1. The average Bonchev–Trinajstić information content (AvgIpc) is 2.57. The van der Waals surface area contributed by atoms with E-state index in [1.54, 1.807) is 0 Å². The second-order valence-electron chi connectivity index (χ2n) is 4.75. The van der Waals surface area contributed by atoms with Crippen molar-refractivity contribution in [2.24, 2.45) is 0 Å². The van der Waals surface area contributed by atoms with Gasteiger partial charge in [0.1, 0.15) is 17.8 Å². The smallest absolute Gasteiger partial charge is 0.148 e. The van der Waals surface area contributed by atoms with Crippen molar-refractivity contribution in [1.82, 2.24) is 15.1 Å². The first kappa shape index (κ1) is 11.6. The molecule has 1 N–H and O–H groups in total. The van der Waals surface area contributed by atoms with E-state index in [2.05, 4.69) is 28.1 Å². The number of hydrogen-bond donors (Lipinski definition) is 1. The van der Waals surface area contributed by atoms with Crippen molar-refractivity contribution in [3.63, 3.8) is 0 Å². The molecule has 0 aromatic heterocycles. The van der Waals surface area contributed by atoms with E-state index in [1.807, 2.05) is 0 Å². The van der Waals surface area contributed by atoms with Crippen LogP contribution in [-0.4, -0.2) is 55.1 Å². The molecule has 0 aromatic rings. The third-order valence-electron chi connectivity index (χ3n) is 3.55. The van der Waals surface area contributed by atoms with Gasteiger partial charge in [0.05, 0.1) is 0 Å². The lowest BCUT2D eigenvalue weighted by atomic mass is 10.2. The fourth-order valence-corrected chi connectivity index (χ4v) is 2.69. The maximum atomic E-state index is 11.0. The molecule has 0 saturated carbocycles. The van der Waals surface area contributed by atoms with Crippen LogP contribution >= 0.6 is 0 Å². The fourth-order valence-electron chi connectivity index (χ4n) is 2.69. The van der Waals surface area contributed by atoms with Gasteiger partial charge in [-0.2, -0.15) is 0 Å². The van der Waals surface area contributed by atoms with Gasteiger partial charge in [0.25, 0.3) is 0 Å². The topological polar surface area (TPSA) is 35.6 Å². The Hall–Kier alpha value is -0.830. The van der Waals surface area contributed by atoms with Gasteiger partial charge in [0.15, 0.2) is 0 Å². The summed E-state index contributed by atoms with van der Waals surface area (Å²) < 4.78 is 0. The molecule has 16 heavy (non-hydrogen) atoms. The van der Waals surface area contributed by atoms with Crippen molar-refractivity contribution in [2.45, 2.75) is 31.8 Å². The number of rotatable bonds is 1. The second-order valence-corrected chi connectivity index (χ2v) is 4.75. The number of likely N-dealkylation sites (tertiary alicyclic amines) is 1. The molecule has 2 aliphatic rings. The second kappa shape index (κ2) is 5.48. The quantitative estimate of drug-likeness (QED) is 0.654. The van der Waals surface area contributed by atoms with Crippen LogP contribution in [0.15, 0.2) is 5.70 Å². The van der Waals surface area contributed by atoms with Gasteiger partial charge in [0.2, 0.25) is 0 Å². The molecule has 0 aliphatic carbocycles. The Balaban J connectivity index is 2.10. The Labute approximate surface area is 97.3 Å². The number of piperazine rings is 1. The van der Waals surface area contributed by atoms with Crippen LogP contribution < -0.4 is 5.32 Å². The first-order valence-electron chi connectivity index (χ1n) is 6.26. The van der Waals surface area contributed by atoms with E-state index in [-0.39, 0.29) is 6.17 Å². The number of hydrogen-bond acceptors (Lipinski definition) is 4. The first-order chi connectivity index (χ1) is 7.83. The summed E-state index contributed by atoms with van der Waals surface area (Å²) in [6.07, 6.45) is 5.26. The predicted octanol–water partition coefficient (Wildman–Crippen LogP) is 0.439. The molecule has 2 heterocycles. The van der Waals surface area contributed by atoms with Gasteiger partial charge >= 0.3 is 0 Å². The molecule has 4 heteroatoms. The maximum Gasteiger partial charge on any atom is 0.148 e. The van der Waals surface area contributed by atoms with Crippen molar-refractivity contribution in [3.05, 3.63) is 5.70 Å². The third kappa shape index (κ3) is 2.46. The zero-order valence-corrected chi connectivity index (χ0v) is 10.0. The lowest BCUT2D eigenvalue weighted by molar-refractivity contribution is 0.0721. The van der Waals surface area contributed by atoms with Gasteiger partial charge in [-0.15, -0.1) is 0 Å². The molecule has 1 unspecified atom stereocenters. The summed E-state index contributed by atoms with van der Waals surface area (Å²) in [7, 11) is 2.09. The van der Waals surface area contributed by atoms with Crippen LogP contribution in [0.5, 0.6) is 0 Å². The molecule has 90 valence electrons. The molecule has 1 atom stereocenters. The van der Waals surface area contributed by atoms with E-state index in [1.165, 1.54) is 25.7 Å². The molecule has 0 bridgehead atoms. The first-order valence-corrected chi connectivity index (χ1v) is 6.26. The highest BCUT2D eigenvalue weighted by Crippen LogP contribution is 2.18. The maximum absolute atomic E-state index is 11.0. The molecular weight excluding hydrogens is 202 g/mol. The Kier molecular flexibility index (Phi) is 3.99. The minimum Gasteiger partial charge on any atom is -0.376 e. The standard InChI is InChI=1S/C12H21N3O/c1-14-9-6-13-11(10-16)12(14)15-7-4-2-3-5-8-15/h12-13H,2-9H2,1H3. The van der Waals surface area contributed by atoms with Crippen molar-refractivity contribution in [3.8, 4) is 0 Å². The highest BCUT2D eigenvalue weighted by atomic mass is 16.1. The van der Waals surface area contributed by atoms with Crippen molar-refractivity contribution in [1.29, 1.82) is 0 Å². The summed E-state index contributed by atoms with van der Waals surface area (Å²) in [5, 5.41) is 3.18. The third-order valence-corrected chi connectivity index (χ3v) is 3.55. The summed E-state index contributed by atoms with van der Waals surface area (Å²) in [4.78, 5) is 15.6. The molecule has 0 amide bonds. The van der Waals surface area contributed by atoms with E-state index < -0.39 is 0 Å². The van der Waals surface area contributed by atoms with Gasteiger partial charge in [0, 0.05) is 26.2 Å². The largest absolute Gasteiger partial charge is 0.376 e. The van der Waals surface area contributed by atoms with Crippen LogP contribution in [0, 0.1) is 0 Å². The molecule has 0 radical (unpaired) electrons. The van der Waals surface area contributed by atoms with Crippen LogP contribution in [0.1, 0.15) is 25.7 Å². The number of nitrogens with one attached hydrogen (secondary N) is 1. The minimum absolute atomic E-state index is 0.129. The molecule has 2 aliphatic heterocycles. The molecule has 4 nitrogen and oxygen atoms in total. The summed E-state index contributed by atoms with van der Waals surface area (Å²) >= 11 is 0. The lowest BCUT2D eigenvalue weighted by Gasteiger charge is -2.40.